The van der Waals surface area contributed by atoms with Gasteiger partial charge in [-0.05, 0) is 64.9 Å². The molecule has 1 atom stereocenters. The quantitative estimate of drug-likeness (QED) is 0.767. The van der Waals surface area contributed by atoms with Crippen LogP contribution in [0.25, 0.3) is 0 Å². The van der Waals surface area contributed by atoms with Crippen molar-refractivity contribution in [3.8, 4) is 0 Å². The molecule has 0 spiro atoms. The molecule has 2 heteroatoms. The van der Waals surface area contributed by atoms with E-state index in [1.54, 1.807) is 0 Å². The van der Waals surface area contributed by atoms with E-state index >= 15 is 0 Å². The first-order chi connectivity index (χ1) is 9.24. The standard InChI is InChI=1S/C17H20IN/c1-3-4-13-5-7-14(8-6-13)17(19-2)15-9-11-16(18)12-10-15/h5-12,17,19H,3-4H2,1-2H3. The molecular formula is C17H20IN. The molecule has 2 aromatic carbocycles. The summed E-state index contributed by atoms with van der Waals surface area (Å²) in [6.07, 6.45) is 2.36. The van der Waals surface area contributed by atoms with Gasteiger partial charge in [0.15, 0.2) is 0 Å². The second kappa shape index (κ2) is 7.06. The minimum atomic E-state index is 0.271. The van der Waals surface area contributed by atoms with Crippen LogP contribution in [0.2, 0.25) is 0 Å². The van der Waals surface area contributed by atoms with E-state index in [4.69, 9.17) is 0 Å². The van der Waals surface area contributed by atoms with Crippen LogP contribution in [0.15, 0.2) is 48.5 Å². The lowest BCUT2D eigenvalue weighted by Gasteiger charge is -2.17. The molecule has 2 rings (SSSR count). The van der Waals surface area contributed by atoms with Crippen molar-refractivity contribution in [2.45, 2.75) is 25.8 Å². The molecule has 0 radical (unpaired) electrons. The number of benzene rings is 2. The van der Waals surface area contributed by atoms with Gasteiger partial charge in [0, 0.05) is 3.57 Å². The molecule has 0 aliphatic rings. The summed E-state index contributed by atoms with van der Waals surface area (Å²) in [7, 11) is 2.02. The Morgan fingerprint density at radius 3 is 1.95 bits per heavy atom. The van der Waals surface area contributed by atoms with Crippen molar-refractivity contribution < 1.29 is 0 Å². The van der Waals surface area contributed by atoms with E-state index in [-0.39, 0.29) is 6.04 Å². The van der Waals surface area contributed by atoms with Gasteiger partial charge in [0.2, 0.25) is 0 Å². The Balaban J connectivity index is 2.23. The van der Waals surface area contributed by atoms with E-state index in [2.05, 4.69) is 83.4 Å². The van der Waals surface area contributed by atoms with Crippen LogP contribution < -0.4 is 5.32 Å². The third kappa shape index (κ3) is 3.80. The Bertz CT molecular complexity index is 502. The number of aryl methyl sites for hydroxylation is 1. The van der Waals surface area contributed by atoms with Crippen LogP contribution in [0.1, 0.15) is 36.1 Å². The first kappa shape index (κ1) is 14.5. The molecule has 0 fully saturated rings. The number of nitrogens with one attached hydrogen (secondary N) is 1. The first-order valence-electron chi connectivity index (χ1n) is 6.76. The zero-order chi connectivity index (χ0) is 13.7. The summed E-state index contributed by atoms with van der Waals surface area (Å²) in [5.41, 5.74) is 4.05. The summed E-state index contributed by atoms with van der Waals surface area (Å²) in [5, 5.41) is 3.40. The molecule has 0 saturated carbocycles. The maximum Gasteiger partial charge on any atom is 0.0574 e. The maximum absolute atomic E-state index is 3.40. The van der Waals surface area contributed by atoms with Gasteiger partial charge in [-0.3, -0.25) is 0 Å². The van der Waals surface area contributed by atoms with E-state index in [1.807, 2.05) is 7.05 Å². The molecule has 1 unspecified atom stereocenters. The Hall–Kier alpha value is -0.870. The fraction of sp³-hybridized carbons (Fsp3) is 0.294. The zero-order valence-electron chi connectivity index (χ0n) is 11.5. The average molecular weight is 365 g/mol. The lowest BCUT2D eigenvalue weighted by atomic mass is 9.97. The number of rotatable bonds is 5. The Morgan fingerprint density at radius 2 is 1.47 bits per heavy atom. The van der Waals surface area contributed by atoms with Crippen LogP contribution >= 0.6 is 22.6 Å². The summed E-state index contributed by atoms with van der Waals surface area (Å²) >= 11 is 2.34. The highest BCUT2D eigenvalue weighted by atomic mass is 127. The molecule has 0 heterocycles. The Kier molecular flexibility index (Phi) is 5.40. The largest absolute Gasteiger partial charge is 0.309 e. The molecule has 0 amide bonds. The van der Waals surface area contributed by atoms with Crippen molar-refractivity contribution in [2.24, 2.45) is 0 Å². The predicted octanol–water partition coefficient (Wildman–Crippen LogP) is 4.55. The minimum absolute atomic E-state index is 0.271. The van der Waals surface area contributed by atoms with Crippen molar-refractivity contribution in [3.05, 3.63) is 68.8 Å². The fourth-order valence-electron chi connectivity index (χ4n) is 2.35. The average Bonchev–Trinajstić information content (AvgIpc) is 2.44. The van der Waals surface area contributed by atoms with Gasteiger partial charge in [-0.25, -0.2) is 0 Å². The summed E-state index contributed by atoms with van der Waals surface area (Å²) in [5.74, 6) is 0. The molecule has 1 N–H and O–H groups in total. The molecule has 0 aliphatic heterocycles. The molecular weight excluding hydrogens is 345 g/mol. The monoisotopic (exact) mass is 365 g/mol. The normalized spacial score (nSPS) is 12.4. The van der Waals surface area contributed by atoms with Gasteiger partial charge in [0.25, 0.3) is 0 Å². The molecule has 2 aromatic rings. The first-order valence-corrected chi connectivity index (χ1v) is 7.84. The number of hydrogen-bond donors (Lipinski definition) is 1. The lowest BCUT2D eigenvalue weighted by molar-refractivity contribution is 0.691. The number of hydrogen-bond acceptors (Lipinski definition) is 1. The highest BCUT2D eigenvalue weighted by molar-refractivity contribution is 14.1. The number of halogens is 1. The highest BCUT2D eigenvalue weighted by Gasteiger charge is 2.11. The highest BCUT2D eigenvalue weighted by Crippen LogP contribution is 2.23. The van der Waals surface area contributed by atoms with Crippen molar-refractivity contribution in [1.82, 2.24) is 5.32 Å². The van der Waals surface area contributed by atoms with Gasteiger partial charge in [0.1, 0.15) is 0 Å². The van der Waals surface area contributed by atoms with Crippen LogP contribution in [0.5, 0.6) is 0 Å². The second-order valence-electron chi connectivity index (χ2n) is 4.76. The minimum Gasteiger partial charge on any atom is -0.309 e. The van der Waals surface area contributed by atoms with Gasteiger partial charge in [-0.1, -0.05) is 49.7 Å². The summed E-state index contributed by atoms with van der Waals surface area (Å²) < 4.78 is 1.27. The van der Waals surface area contributed by atoms with Crippen molar-refractivity contribution in [3.63, 3.8) is 0 Å². The second-order valence-corrected chi connectivity index (χ2v) is 6.01. The van der Waals surface area contributed by atoms with Crippen LogP contribution in [-0.4, -0.2) is 7.05 Å². The van der Waals surface area contributed by atoms with E-state index in [0.29, 0.717) is 0 Å². The predicted molar refractivity (Wildman–Crippen MR) is 90.5 cm³/mol. The Labute approximate surface area is 129 Å². The third-order valence-electron chi connectivity index (χ3n) is 3.34. The molecule has 0 aromatic heterocycles. The third-order valence-corrected chi connectivity index (χ3v) is 4.06. The molecule has 19 heavy (non-hydrogen) atoms. The topological polar surface area (TPSA) is 12.0 Å². The summed E-state index contributed by atoms with van der Waals surface area (Å²) in [6.45, 7) is 2.22. The smallest absolute Gasteiger partial charge is 0.0574 e. The van der Waals surface area contributed by atoms with E-state index in [9.17, 15) is 0 Å². The van der Waals surface area contributed by atoms with Gasteiger partial charge in [0.05, 0.1) is 6.04 Å². The molecule has 0 aliphatic carbocycles. The van der Waals surface area contributed by atoms with Gasteiger partial charge < -0.3 is 5.32 Å². The van der Waals surface area contributed by atoms with E-state index in [0.717, 1.165) is 6.42 Å². The zero-order valence-corrected chi connectivity index (χ0v) is 13.6. The fourth-order valence-corrected chi connectivity index (χ4v) is 2.71. The van der Waals surface area contributed by atoms with Gasteiger partial charge in [-0.15, -0.1) is 0 Å². The summed E-state index contributed by atoms with van der Waals surface area (Å²) in [4.78, 5) is 0. The van der Waals surface area contributed by atoms with Crippen LogP contribution in [-0.2, 0) is 6.42 Å². The van der Waals surface area contributed by atoms with E-state index < -0.39 is 0 Å². The SMILES string of the molecule is CCCc1ccc(C(NC)c2ccc(I)cc2)cc1. The lowest BCUT2D eigenvalue weighted by Crippen LogP contribution is -2.17. The molecule has 100 valence electrons. The van der Waals surface area contributed by atoms with Crippen LogP contribution in [0.4, 0.5) is 0 Å². The molecule has 1 nitrogen and oxygen atoms in total. The van der Waals surface area contributed by atoms with Crippen molar-refractivity contribution in [1.29, 1.82) is 0 Å². The molecule has 0 bridgehead atoms. The maximum atomic E-state index is 3.40. The van der Waals surface area contributed by atoms with Gasteiger partial charge in [-0.2, -0.15) is 0 Å². The Morgan fingerprint density at radius 1 is 0.947 bits per heavy atom. The van der Waals surface area contributed by atoms with Crippen molar-refractivity contribution >= 4 is 22.6 Å². The molecule has 0 saturated heterocycles. The van der Waals surface area contributed by atoms with Crippen LogP contribution in [0, 0.1) is 3.57 Å². The van der Waals surface area contributed by atoms with E-state index in [1.165, 1.54) is 26.7 Å². The van der Waals surface area contributed by atoms with Crippen molar-refractivity contribution in [2.75, 3.05) is 7.05 Å². The summed E-state index contributed by atoms with van der Waals surface area (Å²) in [6, 6.07) is 18.0. The van der Waals surface area contributed by atoms with Crippen LogP contribution in [0.3, 0.4) is 0 Å². The van der Waals surface area contributed by atoms with Gasteiger partial charge >= 0.3 is 0 Å².